The van der Waals surface area contributed by atoms with Crippen LogP contribution in [0.25, 0.3) is 11.5 Å². The van der Waals surface area contributed by atoms with E-state index in [-0.39, 0.29) is 0 Å². The molecule has 2 aromatic rings. The summed E-state index contributed by atoms with van der Waals surface area (Å²) < 4.78 is 0.563. The summed E-state index contributed by atoms with van der Waals surface area (Å²) in [5.74, 6) is 0.573. The van der Waals surface area contributed by atoms with Crippen molar-refractivity contribution in [3.05, 3.63) is 38.2 Å². The molecule has 0 atom stereocenters. The quantitative estimate of drug-likeness (QED) is 0.837. The number of rotatable bonds is 2. The first-order valence-corrected chi connectivity index (χ1v) is 6.60. The van der Waals surface area contributed by atoms with Crippen molar-refractivity contribution in [2.75, 3.05) is 0 Å². The third-order valence-electron chi connectivity index (χ3n) is 2.64. The van der Waals surface area contributed by atoms with Gasteiger partial charge in [-0.15, -0.1) is 0 Å². The molecule has 0 radical (unpaired) electrons. The fourth-order valence-electron chi connectivity index (χ4n) is 1.63. The molecule has 2 aromatic heterocycles. The zero-order valence-electron chi connectivity index (χ0n) is 9.92. The van der Waals surface area contributed by atoms with E-state index in [1.54, 1.807) is 6.07 Å². The third-order valence-corrected chi connectivity index (χ3v) is 3.53. The van der Waals surface area contributed by atoms with Crippen molar-refractivity contribution in [3.63, 3.8) is 0 Å². The molecule has 0 aliphatic heterocycles. The van der Waals surface area contributed by atoms with E-state index in [0.717, 1.165) is 17.7 Å². The summed E-state index contributed by atoms with van der Waals surface area (Å²) in [5, 5.41) is 0.941. The van der Waals surface area contributed by atoms with Gasteiger partial charge in [0, 0.05) is 17.5 Å². The smallest absolute Gasteiger partial charge is 0.159 e. The summed E-state index contributed by atoms with van der Waals surface area (Å²) in [6.45, 7) is 4.00. The molecule has 0 saturated heterocycles. The SMILES string of the molecule is CCc1[nH]c(-c2ncc(Cl)cc2Cl)nc(=S)c1C. The minimum absolute atomic E-state index is 0.451. The molecule has 3 nitrogen and oxygen atoms in total. The summed E-state index contributed by atoms with van der Waals surface area (Å²) in [6.07, 6.45) is 2.38. The van der Waals surface area contributed by atoms with E-state index in [9.17, 15) is 0 Å². The van der Waals surface area contributed by atoms with Gasteiger partial charge in [0.05, 0.1) is 10.0 Å². The van der Waals surface area contributed by atoms with Gasteiger partial charge in [0.1, 0.15) is 10.3 Å². The van der Waals surface area contributed by atoms with E-state index >= 15 is 0 Å². The van der Waals surface area contributed by atoms with Crippen LogP contribution in [0.3, 0.4) is 0 Å². The van der Waals surface area contributed by atoms with Crippen molar-refractivity contribution in [2.45, 2.75) is 20.3 Å². The Morgan fingerprint density at radius 3 is 2.72 bits per heavy atom. The summed E-state index contributed by atoms with van der Waals surface area (Å²) in [4.78, 5) is 11.7. The fraction of sp³-hybridized carbons (Fsp3) is 0.250. The number of hydrogen-bond donors (Lipinski definition) is 1. The second-order valence-electron chi connectivity index (χ2n) is 3.83. The van der Waals surface area contributed by atoms with Gasteiger partial charge in [-0.05, 0) is 19.4 Å². The lowest BCUT2D eigenvalue weighted by molar-refractivity contribution is 0.963. The maximum absolute atomic E-state index is 6.11. The van der Waals surface area contributed by atoms with Crippen molar-refractivity contribution < 1.29 is 0 Å². The minimum Gasteiger partial charge on any atom is -0.342 e. The van der Waals surface area contributed by atoms with Crippen molar-refractivity contribution >= 4 is 35.4 Å². The van der Waals surface area contributed by atoms with Crippen LogP contribution < -0.4 is 0 Å². The molecule has 0 unspecified atom stereocenters. The normalized spacial score (nSPS) is 10.7. The third kappa shape index (κ3) is 2.55. The minimum atomic E-state index is 0.451. The van der Waals surface area contributed by atoms with Crippen molar-refractivity contribution in [1.29, 1.82) is 0 Å². The van der Waals surface area contributed by atoms with Gasteiger partial charge in [-0.25, -0.2) is 9.97 Å². The lowest BCUT2D eigenvalue weighted by Crippen LogP contribution is -2.00. The molecule has 94 valence electrons. The molecule has 1 N–H and O–H groups in total. The summed E-state index contributed by atoms with van der Waals surface area (Å²) in [7, 11) is 0. The van der Waals surface area contributed by atoms with Gasteiger partial charge in [0.15, 0.2) is 5.82 Å². The highest BCUT2D eigenvalue weighted by Gasteiger charge is 2.10. The largest absolute Gasteiger partial charge is 0.342 e. The van der Waals surface area contributed by atoms with E-state index in [2.05, 4.69) is 15.0 Å². The number of halogens is 2. The van der Waals surface area contributed by atoms with Crippen LogP contribution in [0, 0.1) is 11.6 Å². The Morgan fingerprint density at radius 1 is 1.39 bits per heavy atom. The van der Waals surface area contributed by atoms with E-state index < -0.39 is 0 Å². The molecule has 6 heteroatoms. The predicted molar refractivity (Wildman–Crippen MR) is 76.8 cm³/mol. The lowest BCUT2D eigenvalue weighted by atomic mass is 10.2. The molecule has 2 rings (SSSR count). The van der Waals surface area contributed by atoms with Crippen LogP contribution in [-0.2, 0) is 6.42 Å². The molecule has 0 saturated carbocycles. The van der Waals surface area contributed by atoms with Crippen LogP contribution in [0.5, 0.6) is 0 Å². The van der Waals surface area contributed by atoms with Crippen LogP contribution in [0.15, 0.2) is 12.3 Å². The second-order valence-corrected chi connectivity index (χ2v) is 5.06. The van der Waals surface area contributed by atoms with Gasteiger partial charge in [-0.2, -0.15) is 0 Å². The monoisotopic (exact) mass is 299 g/mol. The average Bonchev–Trinajstić information content (AvgIpc) is 2.32. The van der Waals surface area contributed by atoms with E-state index in [0.29, 0.717) is 26.2 Å². The molecule has 0 amide bonds. The number of aromatic nitrogens is 3. The van der Waals surface area contributed by atoms with Gasteiger partial charge >= 0.3 is 0 Å². The molecule has 2 heterocycles. The number of hydrogen-bond acceptors (Lipinski definition) is 3. The number of pyridine rings is 1. The Balaban J connectivity index is 2.64. The highest BCUT2D eigenvalue weighted by atomic mass is 35.5. The molecule has 0 fully saturated rings. The maximum atomic E-state index is 6.11. The number of aryl methyl sites for hydroxylation is 1. The van der Waals surface area contributed by atoms with E-state index in [4.69, 9.17) is 35.4 Å². The molecule has 0 aliphatic rings. The summed E-state index contributed by atoms with van der Waals surface area (Å²) in [6, 6.07) is 1.63. The van der Waals surface area contributed by atoms with Crippen LogP contribution in [0.2, 0.25) is 10.0 Å². The van der Waals surface area contributed by atoms with Crippen LogP contribution >= 0.6 is 35.4 Å². The van der Waals surface area contributed by atoms with Gasteiger partial charge in [-0.3, -0.25) is 0 Å². The Bertz CT molecular complexity index is 652. The lowest BCUT2D eigenvalue weighted by Gasteiger charge is -2.08. The van der Waals surface area contributed by atoms with Crippen LogP contribution in [0.4, 0.5) is 0 Å². The number of aromatic amines is 1. The summed E-state index contributed by atoms with van der Waals surface area (Å²) in [5.41, 5.74) is 2.58. The maximum Gasteiger partial charge on any atom is 0.159 e. The molecule has 0 aromatic carbocycles. The Kier molecular flexibility index (Phi) is 4.00. The Labute approximate surface area is 120 Å². The number of nitrogens with zero attached hydrogens (tertiary/aromatic N) is 2. The molecular formula is C12H11Cl2N3S. The zero-order valence-corrected chi connectivity index (χ0v) is 12.2. The van der Waals surface area contributed by atoms with Gasteiger partial charge in [0.2, 0.25) is 0 Å². The Hall–Kier alpha value is -0.970. The predicted octanol–water partition coefficient (Wildman–Crippen LogP) is 4.38. The van der Waals surface area contributed by atoms with Gasteiger partial charge in [0.25, 0.3) is 0 Å². The first-order chi connectivity index (χ1) is 8.52. The standard InChI is InChI=1S/C12H11Cl2N3S/c1-3-9-6(2)12(18)17-11(16-9)10-8(14)4-7(13)5-15-10/h4-5H,3H2,1-2H3,(H,16,17,18). The Morgan fingerprint density at radius 2 is 2.11 bits per heavy atom. The first kappa shape index (κ1) is 13.5. The molecule has 18 heavy (non-hydrogen) atoms. The number of nitrogens with one attached hydrogen (secondary N) is 1. The van der Waals surface area contributed by atoms with Gasteiger partial charge < -0.3 is 4.98 Å². The number of H-pyrrole nitrogens is 1. The van der Waals surface area contributed by atoms with Gasteiger partial charge in [-0.1, -0.05) is 42.3 Å². The van der Waals surface area contributed by atoms with Crippen molar-refractivity contribution in [1.82, 2.24) is 15.0 Å². The average molecular weight is 300 g/mol. The molecular weight excluding hydrogens is 289 g/mol. The molecule has 0 aliphatic carbocycles. The van der Waals surface area contributed by atoms with Crippen molar-refractivity contribution in [2.24, 2.45) is 0 Å². The zero-order chi connectivity index (χ0) is 13.3. The topological polar surface area (TPSA) is 41.6 Å². The van der Waals surface area contributed by atoms with Crippen molar-refractivity contribution in [3.8, 4) is 11.5 Å². The second kappa shape index (κ2) is 5.34. The van der Waals surface area contributed by atoms with Crippen LogP contribution in [0.1, 0.15) is 18.2 Å². The fourth-order valence-corrected chi connectivity index (χ4v) is 2.32. The van der Waals surface area contributed by atoms with Crippen LogP contribution in [-0.4, -0.2) is 15.0 Å². The molecule has 0 spiro atoms. The van der Waals surface area contributed by atoms with E-state index in [1.165, 1.54) is 6.20 Å². The highest BCUT2D eigenvalue weighted by molar-refractivity contribution is 7.71. The highest BCUT2D eigenvalue weighted by Crippen LogP contribution is 2.26. The molecule has 0 bridgehead atoms. The first-order valence-electron chi connectivity index (χ1n) is 5.44. The summed E-state index contributed by atoms with van der Waals surface area (Å²) >= 11 is 17.2. The van der Waals surface area contributed by atoms with E-state index in [1.807, 2.05) is 13.8 Å².